The molecular weight excluding hydrogens is 280 g/mol. The highest BCUT2D eigenvalue weighted by atomic mass is 16.6. The lowest BCUT2D eigenvalue weighted by molar-refractivity contribution is -0.157. The minimum atomic E-state index is -1.14. The van der Waals surface area contributed by atoms with Crippen LogP contribution in [0.4, 0.5) is 0 Å². The monoisotopic (exact) mass is 310 g/mol. The SMILES string of the molecule is CCC(C)(C)C1CCC(C(C)(C)OC(=O)/C=C/C(=O)O)CC1. The van der Waals surface area contributed by atoms with Crippen molar-refractivity contribution < 1.29 is 19.4 Å². The van der Waals surface area contributed by atoms with E-state index < -0.39 is 17.5 Å². The van der Waals surface area contributed by atoms with Gasteiger partial charge < -0.3 is 9.84 Å². The number of esters is 1. The van der Waals surface area contributed by atoms with Crippen LogP contribution >= 0.6 is 0 Å². The van der Waals surface area contributed by atoms with E-state index in [1.165, 1.54) is 6.42 Å². The van der Waals surface area contributed by atoms with Crippen LogP contribution < -0.4 is 0 Å². The van der Waals surface area contributed by atoms with Crippen LogP contribution in [-0.4, -0.2) is 22.6 Å². The number of carboxylic acids is 1. The van der Waals surface area contributed by atoms with Gasteiger partial charge in [0, 0.05) is 12.2 Å². The van der Waals surface area contributed by atoms with Crippen molar-refractivity contribution in [1.29, 1.82) is 0 Å². The summed E-state index contributed by atoms with van der Waals surface area (Å²) in [6.07, 6.45) is 7.42. The number of carbonyl (C=O) groups excluding carboxylic acids is 1. The van der Waals surface area contributed by atoms with Crippen molar-refractivity contribution in [3.05, 3.63) is 12.2 Å². The molecule has 0 aromatic carbocycles. The number of hydrogen-bond donors (Lipinski definition) is 1. The van der Waals surface area contributed by atoms with E-state index >= 15 is 0 Å². The van der Waals surface area contributed by atoms with Gasteiger partial charge in [0.2, 0.25) is 0 Å². The minimum Gasteiger partial charge on any atom is -0.478 e. The Morgan fingerprint density at radius 2 is 1.55 bits per heavy atom. The highest BCUT2D eigenvalue weighted by Crippen LogP contribution is 2.45. The zero-order chi connectivity index (χ0) is 17.0. The van der Waals surface area contributed by atoms with Crippen molar-refractivity contribution in [2.45, 2.75) is 72.3 Å². The third-order valence-electron chi connectivity index (χ3n) is 5.45. The second kappa shape index (κ2) is 7.30. The molecular formula is C18H30O4. The average molecular weight is 310 g/mol. The molecule has 0 aromatic heterocycles. The number of rotatable bonds is 6. The van der Waals surface area contributed by atoms with Crippen molar-refractivity contribution in [2.24, 2.45) is 17.3 Å². The molecule has 0 heterocycles. The third kappa shape index (κ3) is 5.15. The van der Waals surface area contributed by atoms with Gasteiger partial charge in [0.25, 0.3) is 0 Å². The van der Waals surface area contributed by atoms with Gasteiger partial charge in [-0.3, -0.25) is 0 Å². The molecule has 0 bridgehead atoms. The van der Waals surface area contributed by atoms with Gasteiger partial charge in [-0.25, -0.2) is 9.59 Å². The Morgan fingerprint density at radius 1 is 1.05 bits per heavy atom. The molecule has 0 amide bonds. The van der Waals surface area contributed by atoms with Gasteiger partial charge in [0.15, 0.2) is 0 Å². The number of ether oxygens (including phenoxy) is 1. The largest absolute Gasteiger partial charge is 0.478 e. The Morgan fingerprint density at radius 3 is 2.00 bits per heavy atom. The Hall–Kier alpha value is -1.32. The molecule has 0 spiro atoms. The molecule has 0 aromatic rings. The molecule has 0 radical (unpaired) electrons. The highest BCUT2D eigenvalue weighted by molar-refractivity contribution is 5.90. The molecule has 22 heavy (non-hydrogen) atoms. The van der Waals surface area contributed by atoms with E-state index in [1.807, 2.05) is 13.8 Å². The number of carboxylic acid groups (broad SMARTS) is 1. The maximum absolute atomic E-state index is 11.7. The number of aliphatic carboxylic acids is 1. The van der Waals surface area contributed by atoms with Gasteiger partial charge >= 0.3 is 11.9 Å². The molecule has 1 aliphatic carbocycles. The van der Waals surface area contributed by atoms with Crippen LogP contribution in [0.1, 0.15) is 66.7 Å². The summed E-state index contributed by atoms with van der Waals surface area (Å²) >= 11 is 0. The fraction of sp³-hybridized carbons (Fsp3) is 0.778. The Labute approximate surface area is 133 Å². The third-order valence-corrected chi connectivity index (χ3v) is 5.45. The zero-order valence-electron chi connectivity index (χ0n) is 14.5. The fourth-order valence-corrected chi connectivity index (χ4v) is 3.37. The van der Waals surface area contributed by atoms with Crippen molar-refractivity contribution in [3.8, 4) is 0 Å². The summed E-state index contributed by atoms with van der Waals surface area (Å²) in [6.45, 7) is 10.8. The van der Waals surface area contributed by atoms with E-state index in [4.69, 9.17) is 9.84 Å². The molecule has 4 heteroatoms. The minimum absolute atomic E-state index is 0.332. The molecule has 126 valence electrons. The molecule has 0 atom stereocenters. The van der Waals surface area contributed by atoms with E-state index in [0.717, 1.165) is 43.8 Å². The van der Waals surface area contributed by atoms with E-state index in [-0.39, 0.29) is 0 Å². The lowest BCUT2D eigenvalue weighted by Crippen LogP contribution is -2.40. The number of carbonyl (C=O) groups is 2. The van der Waals surface area contributed by atoms with Crippen LogP contribution in [-0.2, 0) is 14.3 Å². The first kappa shape index (κ1) is 18.7. The van der Waals surface area contributed by atoms with Crippen molar-refractivity contribution >= 4 is 11.9 Å². The molecule has 1 fully saturated rings. The van der Waals surface area contributed by atoms with Gasteiger partial charge in [0.1, 0.15) is 5.60 Å². The predicted octanol–water partition coefficient (Wildman–Crippen LogP) is 4.19. The van der Waals surface area contributed by atoms with E-state index in [2.05, 4.69) is 20.8 Å². The summed E-state index contributed by atoms with van der Waals surface area (Å²) in [6, 6.07) is 0. The summed E-state index contributed by atoms with van der Waals surface area (Å²) in [5.74, 6) is -0.661. The van der Waals surface area contributed by atoms with Gasteiger partial charge in [-0.15, -0.1) is 0 Å². The molecule has 0 aliphatic heterocycles. The molecule has 1 saturated carbocycles. The van der Waals surface area contributed by atoms with E-state index in [9.17, 15) is 9.59 Å². The topological polar surface area (TPSA) is 63.6 Å². The van der Waals surface area contributed by atoms with Gasteiger partial charge in [-0.05, 0) is 56.8 Å². The van der Waals surface area contributed by atoms with Crippen LogP contribution in [0.2, 0.25) is 0 Å². The summed E-state index contributed by atoms with van der Waals surface area (Å²) in [7, 11) is 0. The van der Waals surface area contributed by atoms with Crippen LogP contribution in [0.25, 0.3) is 0 Å². The molecule has 0 unspecified atom stereocenters. The van der Waals surface area contributed by atoms with Crippen molar-refractivity contribution in [3.63, 3.8) is 0 Å². The van der Waals surface area contributed by atoms with Gasteiger partial charge in [0.05, 0.1) is 0 Å². The van der Waals surface area contributed by atoms with Crippen LogP contribution in [0.5, 0.6) is 0 Å². The summed E-state index contributed by atoms with van der Waals surface area (Å²) in [5.41, 5.74) is -0.183. The molecule has 1 N–H and O–H groups in total. The average Bonchev–Trinajstić information content (AvgIpc) is 2.45. The second-order valence-corrected chi connectivity index (χ2v) is 7.59. The first-order valence-corrected chi connectivity index (χ1v) is 8.22. The quantitative estimate of drug-likeness (QED) is 0.590. The van der Waals surface area contributed by atoms with Crippen molar-refractivity contribution in [1.82, 2.24) is 0 Å². The normalized spacial score (nSPS) is 23.5. The van der Waals surface area contributed by atoms with E-state index in [0.29, 0.717) is 11.3 Å². The van der Waals surface area contributed by atoms with Gasteiger partial charge in [-0.1, -0.05) is 27.2 Å². The van der Waals surface area contributed by atoms with Crippen LogP contribution in [0.3, 0.4) is 0 Å². The molecule has 1 rings (SSSR count). The Kier molecular flexibility index (Phi) is 6.21. The van der Waals surface area contributed by atoms with E-state index in [1.54, 1.807) is 0 Å². The standard InChI is InChI=1S/C18H30O4/c1-6-17(2,3)13-7-9-14(10-8-13)18(4,5)22-16(21)12-11-15(19)20/h11-14H,6-10H2,1-5H3,(H,19,20)/b12-11+. The smallest absolute Gasteiger partial charge is 0.331 e. The summed E-state index contributed by atoms with van der Waals surface area (Å²) in [4.78, 5) is 22.1. The Bertz CT molecular complexity index is 426. The van der Waals surface area contributed by atoms with Crippen LogP contribution in [0, 0.1) is 17.3 Å². The van der Waals surface area contributed by atoms with Crippen molar-refractivity contribution in [2.75, 3.05) is 0 Å². The molecule has 4 nitrogen and oxygen atoms in total. The Balaban J connectivity index is 2.58. The first-order chi connectivity index (χ1) is 10.1. The summed E-state index contributed by atoms with van der Waals surface area (Å²) in [5, 5.41) is 8.54. The highest BCUT2D eigenvalue weighted by Gasteiger charge is 2.39. The second-order valence-electron chi connectivity index (χ2n) is 7.59. The maximum Gasteiger partial charge on any atom is 0.331 e. The lowest BCUT2D eigenvalue weighted by atomic mass is 9.65. The lowest BCUT2D eigenvalue weighted by Gasteiger charge is -2.43. The molecule has 0 saturated heterocycles. The molecule has 1 aliphatic rings. The summed E-state index contributed by atoms with van der Waals surface area (Å²) < 4.78 is 5.49. The first-order valence-electron chi connectivity index (χ1n) is 8.22. The van der Waals surface area contributed by atoms with Gasteiger partial charge in [-0.2, -0.15) is 0 Å². The maximum atomic E-state index is 11.7. The van der Waals surface area contributed by atoms with Crippen LogP contribution in [0.15, 0.2) is 12.2 Å². The zero-order valence-corrected chi connectivity index (χ0v) is 14.5. The fourth-order valence-electron chi connectivity index (χ4n) is 3.37. The number of hydrogen-bond acceptors (Lipinski definition) is 3. The predicted molar refractivity (Wildman–Crippen MR) is 86.5 cm³/mol.